The van der Waals surface area contributed by atoms with Crippen LogP contribution < -0.4 is 10.3 Å². The van der Waals surface area contributed by atoms with Crippen molar-refractivity contribution >= 4 is 33.7 Å². The normalized spacial score (nSPS) is 13.8. The molecule has 4 nitrogen and oxygen atoms in total. The zero-order valence-corrected chi connectivity index (χ0v) is 13.6. The molecule has 0 saturated carbocycles. The first kappa shape index (κ1) is 14.2. The van der Waals surface area contributed by atoms with Gasteiger partial charge in [0.1, 0.15) is 16.4 Å². The number of aryl methyl sites for hydroxylation is 2. The fraction of sp³-hybridized carbons (Fsp3) is 0.222. The molecule has 1 aromatic carbocycles. The van der Waals surface area contributed by atoms with Crippen LogP contribution in [0.15, 0.2) is 29.1 Å². The molecule has 1 aliphatic carbocycles. The standard InChI is InChI=1S/C18H16N2O2S/c1-22-12-5-2-4-11(10-12)8-9-15-19-17(21)16-13-6-3-7-14(13)23-18(16)20-15/h2,4-5,8-10H,3,6-7H2,1H3,(H,19,20,21)/b9-8+. The lowest BCUT2D eigenvalue weighted by atomic mass is 10.2. The number of ether oxygens (including phenoxy) is 1. The quantitative estimate of drug-likeness (QED) is 0.800. The van der Waals surface area contributed by atoms with Crippen molar-refractivity contribution in [2.75, 3.05) is 7.11 Å². The minimum absolute atomic E-state index is 0.0281. The molecule has 0 radical (unpaired) electrons. The van der Waals surface area contributed by atoms with Crippen molar-refractivity contribution in [3.63, 3.8) is 0 Å². The van der Waals surface area contributed by atoms with Crippen LogP contribution in [-0.4, -0.2) is 17.1 Å². The summed E-state index contributed by atoms with van der Waals surface area (Å²) in [6, 6.07) is 7.75. The van der Waals surface area contributed by atoms with E-state index in [1.807, 2.05) is 36.4 Å². The number of rotatable bonds is 3. The lowest BCUT2D eigenvalue weighted by molar-refractivity contribution is 0.414. The SMILES string of the molecule is COc1cccc(/C=C/c2nc3sc4c(c3c(=O)[nH]2)CCC4)c1. The van der Waals surface area contributed by atoms with Gasteiger partial charge in [0.05, 0.1) is 12.5 Å². The van der Waals surface area contributed by atoms with Gasteiger partial charge in [0.25, 0.3) is 5.56 Å². The van der Waals surface area contributed by atoms with Crippen LogP contribution in [-0.2, 0) is 12.8 Å². The maximum Gasteiger partial charge on any atom is 0.260 e. The number of nitrogens with zero attached hydrogens (tertiary/aromatic N) is 1. The number of methoxy groups -OCH3 is 1. The monoisotopic (exact) mass is 324 g/mol. The summed E-state index contributed by atoms with van der Waals surface area (Å²) in [4.78, 5) is 22.1. The van der Waals surface area contributed by atoms with Crippen LogP contribution in [0.5, 0.6) is 5.75 Å². The lowest BCUT2D eigenvalue weighted by Crippen LogP contribution is -2.09. The number of H-pyrrole nitrogens is 1. The second-order valence-corrected chi connectivity index (χ2v) is 6.68. The Bertz CT molecular complexity index is 969. The van der Waals surface area contributed by atoms with Gasteiger partial charge in [0.15, 0.2) is 0 Å². The summed E-state index contributed by atoms with van der Waals surface area (Å²) in [7, 11) is 1.64. The number of fused-ring (bicyclic) bond motifs is 3. The van der Waals surface area contributed by atoms with Gasteiger partial charge in [-0.3, -0.25) is 4.79 Å². The van der Waals surface area contributed by atoms with E-state index >= 15 is 0 Å². The highest BCUT2D eigenvalue weighted by molar-refractivity contribution is 7.18. The molecule has 116 valence electrons. The zero-order chi connectivity index (χ0) is 15.8. The third kappa shape index (κ3) is 2.57. The first-order valence-electron chi connectivity index (χ1n) is 7.61. The van der Waals surface area contributed by atoms with Crippen molar-refractivity contribution in [3.05, 3.63) is 56.4 Å². The van der Waals surface area contributed by atoms with Gasteiger partial charge >= 0.3 is 0 Å². The summed E-state index contributed by atoms with van der Waals surface area (Å²) >= 11 is 1.66. The van der Waals surface area contributed by atoms with Crippen LogP contribution in [0.25, 0.3) is 22.4 Å². The number of aromatic amines is 1. The molecular weight excluding hydrogens is 308 g/mol. The number of hydrogen-bond acceptors (Lipinski definition) is 4. The van der Waals surface area contributed by atoms with Crippen LogP contribution in [0.4, 0.5) is 0 Å². The number of thiophene rings is 1. The van der Waals surface area contributed by atoms with Gasteiger partial charge in [-0.2, -0.15) is 0 Å². The summed E-state index contributed by atoms with van der Waals surface area (Å²) < 4.78 is 5.21. The minimum Gasteiger partial charge on any atom is -0.497 e. The van der Waals surface area contributed by atoms with E-state index in [-0.39, 0.29) is 5.56 Å². The highest BCUT2D eigenvalue weighted by Crippen LogP contribution is 2.34. The third-order valence-corrected chi connectivity index (χ3v) is 5.31. The van der Waals surface area contributed by atoms with Crippen molar-refractivity contribution < 1.29 is 4.74 Å². The Labute approximate surface area is 137 Å². The van der Waals surface area contributed by atoms with E-state index < -0.39 is 0 Å². The van der Waals surface area contributed by atoms with Gasteiger partial charge in [0.2, 0.25) is 0 Å². The molecule has 0 atom stereocenters. The summed E-state index contributed by atoms with van der Waals surface area (Å²) in [5.41, 5.74) is 2.18. The molecule has 0 fully saturated rings. The van der Waals surface area contributed by atoms with Gasteiger partial charge in [-0.1, -0.05) is 18.2 Å². The maximum atomic E-state index is 12.4. The van der Waals surface area contributed by atoms with E-state index in [1.165, 1.54) is 10.4 Å². The second kappa shape index (κ2) is 5.66. The third-order valence-electron chi connectivity index (χ3n) is 4.12. The first-order valence-corrected chi connectivity index (χ1v) is 8.43. The largest absolute Gasteiger partial charge is 0.497 e. The molecule has 0 unspecified atom stereocenters. The molecule has 3 aromatic rings. The van der Waals surface area contributed by atoms with Crippen molar-refractivity contribution in [1.29, 1.82) is 0 Å². The van der Waals surface area contributed by atoms with E-state index in [1.54, 1.807) is 18.4 Å². The molecule has 5 heteroatoms. The molecule has 0 bridgehead atoms. The predicted molar refractivity (Wildman–Crippen MR) is 94.2 cm³/mol. The average molecular weight is 324 g/mol. The van der Waals surface area contributed by atoms with Crippen LogP contribution >= 0.6 is 11.3 Å². The Hall–Kier alpha value is -2.40. The smallest absolute Gasteiger partial charge is 0.260 e. The molecule has 1 aliphatic rings. The maximum absolute atomic E-state index is 12.4. The fourth-order valence-electron chi connectivity index (χ4n) is 3.02. The van der Waals surface area contributed by atoms with Crippen molar-refractivity contribution in [2.24, 2.45) is 0 Å². The summed E-state index contributed by atoms with van der Waals surface area (Å²) in [5, 5.41) is 0.793. The fourth-order valence-corrected chi connectivity index (χ4v) is 4.29. The Kier molecular flexibility index (Phi) is 3.50. The van der Waals surface area contributed by atoms with Gasteiger partial charge in [0, 0.05) is 4.88 Å². The van der Waals surface area contributed by atoms with E-state index in [4.69, 9.17) is 4.74 Å². The summed E-state index contributed by atoms with van der Waals surface area (Å²) in [5.74, 6) is 1.39. The van der Waals surface area contributed by atoms with Gasteiger partial charge < -0.3 is 9.72 Å². The van der Waals surface area contributed by atoms with Crippen molar-refractivity contribution in [3.8, 4) is 5.75 Å². The highest BCUT2D eigenvalue weighted by atomic mass is 32.1. The zero-order valence-electron chi connectivity index (χ0n) is 12.8. The van der Waals surface area contributed by atoms with E-state index in [2.05, 4.69) is 9.97 Å². The number of benzene rings is 1. The number of nitrogens with one attached hydrogen (secondary N) is 1. The lowest BCUT2D eigenvalue weighted by Gasteiger charge is -2.00. The van der Waals surface area contributed by atoms with Gasteiger partial charge in [-0.05, 0) is 48.6 Å². The molecule has 23 heavy (non-hydrogen) atoms. The topological polar surface area (TPSA) is 55.0 Å². The Morgan fingerprint density at radius 1 is 1.30 bits per heavy atom. The molecule has 2 aromatic heterocycles. The second-order valence-electron chi connectivity index (χ2n) is 5.60. The first-order chi connectivity index (χ1) is 11.2. The van der Waals surface area contributed by atoms with Gasteiger partial charge in [-0.25, -0.2) is 4.98 Å². The Morgan fingerprint density at radius 3 is 3.09 bits per heavy atom. The van der Waals surface area contributed by atoms with E-state index in [0.29, 0.717) is 5.82 Å². The van der Waals surface area contributed by atoms with Crippen molar-refractivity contribution in [1.82, 2.24) is 9.97 Å². The van der Waals surface area contributed by atoms with Crippen LogP contribution in [0.2, 0.25) is 0 Å². The molecule has 0 spiro atoms. The molecule has 0 aliphatic heterocycles. The number of aromatic nitrogens is 2. The number of hydrogen-bond donors (Lipinski definition) is 1. The molecule has 2 heterocycles. The van der Waals surface area contributed by atoms with E-state index in [0.717, 1.165) is 40.8 Å². The molecule has 1 N–H and O–H groups in total. The van der Waals surface area contributed by atoms with Crippen LogP contribution in [0.3, 0.4) is 0 Å². The highest BCUT2D eigenvalue weighted by Gasteiger charge is 2.20. The minimum atomic E-state index is -0.0281. The average Bonchev–Trinajstić information content (AvgIpc) is 3.13. The molecule has 4 rings (SSSR count). The molecule has 0 saturated heterocycles. The Balaban J connectivity index is 1.72. The predicted octanol–water partition coefficient (Wildman–Crippen LogP) is 3.65. The van der Waals surface area contributed by atoms with Crippen LogP contribution in [0.1, 0.15) is 28.2 Å². The van der Waals surface area contributed by atoms with Crippen LogP contribution in [0, 0.1) is 0 Å². The summed E-state index contributed by atoms with van der Waals surface area (Å²) in [6.07, 6.45) is 6.98. The van der Waals surface area contributed by atoms with Gasteiger partial charge in [-0.15, -0.1) is 11.3 Å². The Morgan fingerprint density at radius 2 is 2.22 bits per heavy atom. The van der Waals surface area contributed by atoms with Crippen molar-refractivity contribution in [2.45, 2.75) is 19.3 Å². The molecule has 0 amide bonds. The van der Waals surface area contributed by atoms with E-state index in [9.17, 15) is 4.79 Å². The summed E-state index contributed by atoms with van der Waals surface area (Å²) in [6.45, 7) is 0. The molecular formula is C18H16N2O2S.